The zero-order valence-corrected chi connectivity index (χ0v) is 13.8. The second kappa shape index (κ2) is 7.61. The van der Waals surface area contributed by atoms with Gasteiger partial charge < -0.3 is 15.3 Å². The number of carbonyl (C=O) groups is 1. The van der Waals surface area contributed by atoms with Gasteiger partial charge in [-0.2, -0.15) is 0 Å². The first kappa shape index (κ1) is 16.8. The number of anilines is 1. The number of amides is 2. The van der Waals surface area contributed by atoms with Crippen LogP contribution in [0.3, 0.4) is 0 Å². The molecule has 0 radical (unpaired) electrons. The second-order valence-corrected chi connectivity index (χ2v) is 6.18. The predicted octanol–water partition coefficient (Wildman–Crippen LogP) is 2.26. The fraction of sp³-hybridized carbons (Fsp3) is 0.588. The van der Waals surface area contributed by atoms with Crippen LogP contribution in [0.1, 0.15) is 30.9 Å². The van der Waals surface area contributed by atoms with Gasteiger partial charge >= 0.3 is 6.03 Å². The highest BCUT2D eigenvalue weighted by Gasteiger charge is 2.22. The third-order valence-corrected chi connectivity index (χ3v) is 4.23. The molecule has 0 bridgehead atoms. The van der Waals surface area contributed by atoms with Gasteiger partial charge in [-0.05, 0) is 24.0 Å². The molecule has 0 aliphatic carbocycles. The molecule has 1 aromatic rings. The Balaban J connectivity index is 2.01. The topological polar surface area (TPSA) is 55.8 Å². The summed E-state index contributed by atoms with van der Waals surface area (Å²) in [5.74, 6) is 0.372. The summed E-state index contributed by atoms with van der Waals surface area (Å²) in [5.41, 5.74) is 3.21. The van der Waals surface area contributed by atoms with E-state index in [0.717, 1.165) is 24.3 Å². The van der Waals surface area contributed by atoms with Crippen molar-refractivity contribution in [3.8, 4) is 0 Å². The molecule has 5 heteroatoms. The molecule has 0 unspecified atom stereocenters. The molecule has 2 amide bonds. The summed E-state index contributed by atoms with van der Waals surface area (Å²) in [7, 11) is 0. The van der Waals surface area contributed by atoms with Crippen LogP contribution in [0, 0.1) is 6.92 Å². The molecule has 1 aromatic carbocycles. The van der Waals surface area contributed by atoms with E-state index in [1.54, 1.807) is 0 Å². The molecule has 122 valence electrons. The number of β-amino-alcohol motifs (C(OH)–C–C–N with tert-alkyl or cyclic N) is 1. The minimum atomic E-state index is -0.0279. The van der Waals surface area contributed by atoms with Gasteiger partial charge in [0.1, 0.15) is 0 Å². The quantitative estimate of drug-likeness (QED) is 0.897. The monoisotopic (exact) mass is 305 g/mol. The Morgan fingerprint density at radius 1 is 1.27 bits per heavy atom. The summed E-state index contributed by atoms with van der Waals surface area (Å²) in [5, 5.41) is 12.1. The van der Waals surface area contributed by atoms with E-state index in [0.29, 0.717) is 25.6 Å². The number of rotatable bonds is 4. The Morgan fingerprint density at radius 3 is 2.55 bits per heavy atom. The van der Waals surface area contributed by atoms with Crippen molar-refractivity contribution in [2.45, 2.75) is 26.7 Å². The van der Waals surface area contributed by atoms with Crippen LogP contribution in [-0.2, 0) is 0 Å². The van der Waals surface area contributed by atoms with E-state index in [1.165, 1.54) is 5.56 Å². The number of hydrogen-bond acceptors (Lipinski definition) is 3. The zero-order chi connectivity index (χ0) is 16.1. The van der Waals surface area contributed by atoms with Gasteiger partial charge in [-0.1, -0.05) is 32.0 Å². The highest BCUT2D eigenvalue weighted by atomic mass is 16.3. The molecule has 0 spiro atoms. The first-order valence-corrected chi connectivity index (χ1v) is 8.01. The Morgan fingerprint density at radius 2 is 1.95 bits per heavy atom. The minimum absolute atomic E-state index is 0.0279. The van der Waals surface area contributed by atoms with Crippen molar-refractivity contribution >= 4 is 11.7 Å². The Bertz CT molecular complexity index is 509. The molecule has 1 fully saturated rings. The number of hydrogen-bond donors (Lipinski definition) is 2. The lowest BCUT2D eigenvalue weighted by molar-refractivity contribution is 0.127. The summed E-state index contributed by atoms with van der Waals surface area (Å²) in [4.78, 5) is 16.5. The van der Waals surface area contributed by atoms with Gasteiger partial charge in [-0.25, -0.2) is 4.79 Å². The molecular formula is C17H27N3O2. The van der Waals surface area contributed by atoms with Crippen molar-refractivity contribution in [3.05, 3.63) is 29.3 Å². The zero-order valence-electron chi connectivity index (χ0n) is 13.8. The first-order valence-electron chi connectivity index (χ1n) is 8.01. The summed E-state index contributed by atoms with van der Waals surface area (Å²) in [6.07, 6.45) is 0. The largest absolute Gasteiger partial charge is 0.395 e. The third kappa shape index (κ3) is 3.99. The van der Waals surface area contributed by atoms with Crippen LogP contribution in [0.25, 0.3) is 0 Å². The Labute approximate surface area is 132 Å². The molecular weight excluding hydrogens is 278 g/mol. The number of aryl methyl sites for hydroxylation is 1. The number of aliphatic hydroxyl groups excluding tert-OH is 1. The molecule has 0 aromatic heterocycles. The van der Waals surface area contributed by atoms with Crippen LogP contribution < -0.4 is 5.32 Å². The lowest BCUT2D eigenvalue weighted by atomic mass is 9.98. The van der Waals surface area contributed by atoms with Crippen LogP contribution in [0.2, 0.25) is 0 Å². The highest BCUT2D eigenvalue weighted by molar-refractivity contribution is 5.91. The van der Waals surface area contributed by atoms with Gasteiger partial charge in [-0.15, -0.1) is 0 Å². The van der Waals surface area contributed by atoms with Gasteiger partial charge in [0.05, 0.1) is 6.61 Å². The Kier molecular flexibility index (Phi) is 5.80. The molecule has 1 aliphatic heterocycles. The summed E-state index contributed by atoms with van der Waals surface area (Å²) in [6, 6.07) is 6.11. The highest BCUT2D eigenvalue weighted by Crippen LogP contribution is 2.27. The maximum Gasteiger partial charge on any atom is 0.321 e. The van der Waals surface area contributed by atoms with Crippen LogP contribution in [-0.4, -0.2) is 60.3 Å². The molecule has 5 nitrogen and oxygen atoms in total. The van der Waals surface area contributed by atoms with Crippen molar-refractivity contribution in [3.63, 3.8) is 0 Å². The number of para-hydroxylation sites is 1. The number of nitrogens with one attached hydrogen (secondary N) is 1. The number of piperazine rings is 1. The van der Waals surface area contributed by atoms with Crippen molar-refractivity contribution < 1.29 is 9.90 Å². The molecule has 22 heavy (non-hydrogen) atoms. The van der Waals surface area contributed by atoms with Gasteiger partial charge in [0.2, 0.25) is 0 Å². The molecule has 1 saturated heterocycles. The van der Waals surface area contributed by atoms with Crippen LogP contribution in [0.15, 0.2) is 18.2 Å². The second-order valence-electron chi connectivity index (χ2n) is 6.18. The van der Waals surface area contributed by atoms with Crippen LogP contribution in [0.4, 0.5) is 10.5 Å². The molecule has 2 N–H and O–H groups in total. The van der Waals surface area contributed by atoms with E-state index in [1.807, 2.05) is 24.0 Å². The van der Waals surface area contributed by atoms with Crippen molar-refractivity contribution in [1.29, 1.82) is 0 Å². The molecule has 1 aliphatic rings. The van der Waals surface area contributed by atoms with Crippen molar-refractivity contribution in [2.75, 3.05) is 44.6 Å². The first-order chi connectivity index (χ1) is 10.5. The summed E-state index contributed by atoms with van der Waals surface area (Å²) in [6.45, 7) is 10.2. The number of aliphatic hydroxyl groups is 1. The van der Waals surface area contributed by atoms with E-state index < -0.39 is 0 Å². The number of nitrogens with zero attached hydrogens (tertiary/aromatic N) is 2. The average molecular weight is 305 g/mol. The van der Waals surface area contributed by atoms with E-state index in [4.69, 9.17) is 5.11 Å². The summed E-state index contributed by atoms with van der Waals surface area (Å²) >= 11 is 0. The Hall–Kier alpha value is -1.59. The number of urea groups is 1. The summed E-state index contributed by atoms with van der Waals surface area (Å²) < 4.78 is 0. The fourth-order valence-electron chi connectivity index (χ4n) is 2.84. The minimum Gasteiger partial charge on any atom is -0.395 e. The van der Waals surface area contributed by atoms with Crippen molar-refractivity contribution in [2.24, 2.45) is 0 Å². The number of benzene rings is 1. The van der Waals surface area contributed by atoms with Gasteiger partial charge in [0, 0.05) is 38.4 Å². The smallest absolute Gasteiger partial charge is 0.321 e. The number of carbonyl (C=O) groups excluding carboxylic acids is 1. The lowest BCUT2D eigenvalue weighted by Gasteiger charge is -2.34. The van der Waals surface area contributed by atoms with Gasteiger partial charge in [0.25, 0.3) is 0 Å². The lowest BCUT2D eigenvalue weighted by Crippen LogP contribution is -2.50. The maximum absolute atomic E-state index is 12.5. The van der Waals surface area contributed by atoms with E-state index in [9.17, 15) is 4.79 Å². The third-order valence-electron chi connectivity index (χ3n) is 4.23. The fourth-order valence-corrected chi connectivity index (χ4v) is 2.84. The molecule has 0 saturated carbocycles. The maximum atomic E-state index is 12.5. The van der Waals surface area contributed by atoms with E-state index in [2.05, 4.69) is 30.1 Å². The average Bonchev–Trinajstić information content (AvgIpc) is 2.50. The molecule has 2 rings (SSSR count). The molecule has 0 atom stereocenters. The van der Waals surface area contributed by atoms with E-state index >= 15 is 0 Å². The standard InChI is InChI=1S/C17H27N3O2/c1-13(2)15-6-4-5-14(3)16(15)18-17(22)20-9-7-19(8-10-20)11-12-21/h4-6,13,21H,7-12H2,1-3H3,(H,18,22). The predicted molar refractivity (Wildman–Crippen MR) is 89.4 cm³/mol. The normalized spacial score (nSPS) is 16.1. The van der Waals surface area contributed by atoms with Crippen LogP contribution >= 0.6 is 0 Å². The van der Waals surface area contributed by atoms with Gasteiger partial charge in [0.15, 0.2) is 0 Å². The van der Waals surface area contributed by atoms with Crippen LogP contribution in [0.5, 0.6) is 0 Å². The SMILES string of the molecule is Cc1cccc(C(C)C)c1NC(=O)N1CCN(CCO)CC1. The van der Waals surface area contributed by atoms with Crippen molar-refractivity contribution in [1.82, 2.24) is 9.80 Å². The van der Waals surface area contributed by atoms with Gasteiger partial charge in [-0.3, -0.25) is 4.90 Å². The van der Waals surface area contributed by atoms with E-state index in [-0.39, 0.29) is 12.6 Å². The molecule has 1 heterocycles.